The van der Waals surface area contributed by atoms with Gasteiger partial charge in [0.05, 0.1) is 75.8 Å². The second-order valence-electron chi connectivity index (χ2n) is 20.4. The van der Waals surface area contributed by atoms with Crippen molar-refractivity contribution in [1.29, 1.82) is 0 Å². The number of benzene rings is 3. The van der Waals surface area contributed by atoms with E-state index < -0.39 is 0 Å². The topological polar surface area (TPSA) is 215 Å². The molecule has 3 atom stereocenters. The fraction of sp³-hybridized carbons (Fsp3) is 0.316. The molecule has 3 fully saturated rings. The molecule has 414 valence electrons. The van der Waals surface area contributed by atoms with Gasteiger partial charge in [-0.1, -0.05) is 0 Å². The van der Waals surface area contributed by atoms with E-state index in [4.69, 9.17) is 29.2 Å². The third kappa shape index (κ3) is 10.3. The largest absolute Gasteiger partial charge is 0.493 e. The van der Waals surface area contributed by atoms with Gasteiger partial charge in [-0.2, -0.15) is 15.3 Å². The van der Waals surface area contributed by atoms with Crippen LogP contribution >= 0.6 is 0 Å². The van der Waals surface area contributed by atoms with Crippen molar-refractivity contribution < 1.29 is 41.8 Å². The summed E-state index contributed by atoms with van der Waals surface area (Å²) in [6.07, 6.45) is 16.4. The van der Waals surface area contributed by atoms with Crippen LogP contribution in [0.1, 0.15) is 92.6 Å². The Morgan fingerprint density at radius 3 is 1.05 bits per heavy atom. The molecule has 0 aliphatic carbocycles. The number of hydrogen-bond acceptors (Lipinski definition) is 15. The molecule has 24 heteroatoms. The molecule has 6 bridgehead atoms. The Kier molecular flexibility index (Phi) is 13.6. The zero-order valence-corrected chi connectivity index (χ0v) is 43.7. The highest BCUT2D eigenvalue weighted by Crippen LogP contribution is 2.43. The Balaban J connectivity index is 0.000000114. The number of carbonyl (C=O) groups is 3. The van der Waals surface area contributed by atoms with Gasteiger partial charge < -0.3 is 44.9 Å². The van der Waals surface area contributed by atoms with Crippen LogP contribution in [-0.2, 0) is 14.4 Å². The lowest BCUT2D eigenvalue weighted by Crippen LogP contribution is -2.24. The van der Waals surface area contributed by atoms with Gasteiger partial charge in [0.2, 0.25) is 17.7 Å². The molecule has 12 heterocycles. The maximum atomic E-state index is 14.0. The molecule has 9 aromatic rings. The lowest BCUT2D eigenvalue weighted by Gasteiger charge is -2.27. The fourth-order valence-corrected chi connectivity index (χ4v) is 11.5. The lowest BCUT2D eigenvalue weighted by atomic mass is 10.0. The number of carbonyl (C=O) groups excluding carboxylic acids is 3. The number of halogens is 3. The SMILES string of the molecule is O=C1CCOc2ccc(F)cc2C2CCCN2c2ccn3ncc(c3n2)N1.O=C1CCOc2ccc(F)cc2[C@@H]2CCCN2c2ccn3ncc(c3n2)N1.O=C1CCOc2ccc(F)cc2[C@H]2CCCN2c2ccn3ncc(c3n2)N1. The molecule has 3 aromatic carbocycles. The van der Waals surface area contributed by atoms with E-state index in [0.717, 1.165) is 92.3 Å². The summed E-state index contributed by atoms with van der Waals surface area (Å²) >= 11 is 0. The van der Waals surface area contributed by atoms with Crippen molar-refractivity contribution in [3.8, 4) is 17.2 Å². The van der Waals surface area contributed by atoms with Gasteiger partial charge in [-0.3, -0.25) is 14.4 Å². The highest BCUT2D eigenvalue weighted by atomic mass is 19.1. The molecule has 15 rings (SSSR count). The molecule has 6 aromatic heterocycles. The second-order valence-corrected chi connectivity index (χ2v) is 20.4. The van der Waals surface area contributed by atoms with Crippen molar-refractivity contribution in [2.45, 2.75) is 75.9 Å². The molecule has 81 heavy (non-hydrogen) atoms. The van der Waals surface area contributed by atoms with Crippen LogP contribution < -0.4 is 44.9 Å². The molecule has 6 aliphatic rings. The van der Waals surface area contributed by atoms with Crippen LogP contribution in [0, 0.1) is 17.5 Å². The molecule has 21 nitrogen and oxygen atoms in total. The molecule has 3 amide bonds. The molecule has 1 unspecified atom stereocenters. The normalized spacial score (nSPS) is 19.5. The van der Waals surface area contributed by atoms with Gasteiger partial charge in [0.1, 0.15) is 69.2 Å². The third-order valence-corrected chi connectivity index (χ3v) is 15.3. The first kappa shape index (κ1) is 51.0. The molecule has 6 aliphatic heterocycles. The minimum atomic E-state index is -0.298. The number of amides is 3. The van der Waals surface area contributed by atoms with Crippen LogP contribution in [0.15, 0.2) is 110 Å². The van der Waals surface area contributed by atoms with E-state index >= 15 is 0 Å². The zero-order chi connectivity index (χ0) is 55.1. The number of ether oxygens (including phenoxy) is 3. The molecule has 0 spiro atoms. The van der Waals surface area contributed by atoms with E-state index in [1.807, 2.05) is 36.8 Å². The number of nitrogens with zero attached hydrogens (tertiary/aromatic N) is 12. The van der Waals surface area contributed by atoms with Crippen molar-refractivity contribution in [1.82, 2.24) is 43.8 Å². The van der Waals surface area contributed by atoms with Gasteiger partial charge in [-0.25, -0.2) is 41.7 Å². The first-order valence-corrected chi connectivity index (χ1v) is 27.1. The first-order chi connectivity index (χ1) is 39.6. The van der Waals surface area contributed by atoms with Crippen molar-refractivity contribution in [3.05, 3.63) is 144 Å². The molecule has 0 saturated carbocycles. The van der Waals surface area contributed by atoms with Gasteiger partial charge in [-0.15, -0.1) is 0 Å². The number of fused-ring (bicyclic) bond motifs is 15. The van der Waals surface area contributed by atoms with Crippen molar-refractivity contribution in [3.63, 3.8) is 0 Å². The predicted molar refractivity (Wildman–Crippen MR) is 292 cm³/mol. The zero-order valence-electron chi connectivity index (χ0n) is 43.7. The summed E-state index contributed by atoms with van der Waals surface area (Å²) in [6.45, 7) is 3.10. The highest BCUT2D eigenvalue weighted by molar-refractivity contribution is 5.96. The van der Waals surface area contributed by atoms with Crippen molar-refractivity contribution in [2.24, 2.45) is 0 Å². The third-order valence-electron chi connectivity index (χ3n) is 15.3. The van der Waals surface area contributed by atoms with E-state index in [1.165, 1.54) is 36.4 Å². The Morgan fingerprint density at radius 1 is 0.432 bits per heavy atom. The van der Waals surface area contributed by atoms with Crippen LogP contribution in [-0.4, -0.2) is 101 Å². The summed E-state index contributed by atoms with van der Waals surface area (Å²) in [4.78, 5) is 57.4. The number of rotatable bonds is 0. The molecule has 0 radical (unpaired) electrons. The van der Waals surface area contributed by atoms with E-state index in [2.05, 4.69) is 45.9 Å². The Labute approximate surface area is 460 Å². The average Bonchev–Trinajstić information content (AvgIpc) is 4.44. The maximum Gasteiger partial charge on any atom is 0.227 e. The first-order valence-electron chi connectivity index (χ1n) is 27.1. The number of anilines is 6. The van der Waals surface area contributed by atoms with Gasteiger partial charge in [0.25, 0.3) is 0 Å². The van der Waals surface area contributed by atoms with Gasteiger partial charge in [-0.05, 0) is 111 Å². The Hall–Kier alpha value is -9.48. The second kappa shape index (κ2) is 21.6. The summed E-state index contributed by atoms with van der Waals surface area (Å²) in [7, 11) is 0. The summed E-state index contributed by atoms with van der Waals surface area (Å²) in [5.74, 6) is 2.73. The fourth-order valence-electron chi connectivity index (χ4n) is 11.5. The van der Waals surface area contributed by atoms with Crippen LogP contribution in [0.3, 0.4) is 0 Å². The van der Waals surface area contributed by atoms with Crippen molar-refractivity contribution in [2.75, 3.05) is 70.1 Å². The average molecular weight is 1100 g/mol. The summed E-state index contributed by atoms with van der Waals surface area (Å²) in [6, 6.07) is 19.3. The van der Waals surface area contributed by atoms with E-state index in [1.54, 1.807) is 50.3 Å². The van der Waals surface area contributed by atoms with E-state index in [-0.39, 0.29) is 92.4 Å². The Bertz CT molecular complexity index is 3500. The van der Waals surface area contributed by atoms with Crippen LogP contribution in [0.2, 0.25) is 0 Å². The monoisotopic (exact) mass is 1100 g/mol. The van der Waals surface area contributed by atoms with Gasteiger partial charge >= 0.3 is 0 Å². The molecular formula is C57H54F3N15O6. The summed E-state index contributed by atoms with van der Waals surface area (Å²) in [5.41, 5.74) is 5.86. The standard InChI is InChI=1S/3C19H18FN5O2/c3*20-12-3-4-16-13(10-12)15-2-1-7-24(15)17-5-8-25-19(23-17)14(11-21-25)22-18(26)6-9-27-16/h3*3-5,8,10-11,15H,1-2,6-7,9H2,(H,22,26)/t2*15-;/m10./s1. The number of nitrogens with one attached hydrogen (secondary N) is 3. The van der Waals surface area contributed by atoms with Gasteiger partial charge in [0.15, 0.2) is 16.9 Å². The predicted octanol–water partition coefficient (Wildman–Crippen LogP) is 8.79. The quantitative estimate of drug-likeness (QED) is 0.129. The lowest BCUT2D eigenvalue weighted by molar-refractivity contribution is -0.117. The van der Waals surface area contributed by atoms with Crippen LogP contribution in [0.5, 0.6) is 17.2 Å². The highest BCUT2D eigenvalue weighted by Gasteiger charge is 2.34. The Morgan fingerprint density at radius 2 is 0.741 bits per heavy atom. The smallest absolute Gasteiger partial charge is 0.227 e. The minimum Gasteiger partial charge on any atom is -0.493 e. The van der Waals surface area contributed by atoms with Crippen LogP contribution in [0.25, 0.3) is 16.9 Å². The minimum absolute atomic E-state index is 0.0264. The van der Waals surface area contributed by atoms with E-state index in [0.29, 0.717) is 51.3 Å². The van der Waals surface area contributed by atoms with Gasteiger partial charge in [0, 0.05) is 54.9 Å². The molecular weight excluding hydrogens is 1050 g/mol. The summed E-state index contributed by atoms with van der Waals surface area (Å²) in [5, 5.41) is 21.3. The molecule has 3 saturated heterocycles. The van der Waals surface area contributed by atoms with Crippen LogP contribution in [0.4, 0.5) is 47.7 Å². The number of aromatic nitrogens is 9. The van der Waals surface area contributed by atoms with E-state index in [9.17, 15) is 27.6 Å². The maximum absolute atomic E-state index is 14.0. The van der Waals surface area contributed by atoms with Crippen molar-refractivity contribution >= 4 is 69.2 Å². The molecule has 3 N–H and O–H groups in total. The summed E-state index contributed by atoms with van der Waals surface area (Å²) < 4.78 is 64.4. The number of hydrogen-bond donors (Lipinski definition) is 3.